The van der Waals surface area contributed by atoms with Gasteiger partial charge in [-0.15, -0.1) is 0 Å². The first-order valence-corrected chi connectivity index (χ1v) is 12.3. The van der Waals surface area contributed by atoms with Gasteiger partial charge in [0.15, 0.2) is 12.6 Å². The third-order valence-corrected chi connectivity index (χ3v) is 8.82. The summed E-state index contributed by atoms with van der Waals surface area (Å²) in [7, 11) is 0. The summed E-state index contributed by atoms with van der Waals surface area (Å²) in [4.78, 5) is 23.9. The van der Waals surface area contributed by atoms with E-state index in [4.69, 9.17) is 4.74 Å². The van der Waals surface area contributed by atoms with Crippen molar-refractivity contribution in [1.29, 1.82) is 0 Å². The van der Waals surface area contributed by atoms with Crippen molar-refractivity contribution in [2.24, 2.45) is 29.1 Å². The molecule has 2 aliphatic carbocycles. The number of benzene rings is 1. The Morgan fingerprint density at radius 3 is 2.36 bits per heavy atom. The minimum Gasteiger partial charge on any atom is -0.507 e. The Bertz CT molecular complexity index is 1000. The molecule has 33 heavy (non-hydrogen) atoms. The predicted octanol–water partition coefficient (Wildman–Crippen LogP) is 6.41. The van der Waals surface area contributed by atoms with Crippen molar-refractivity contribution in [3.05, 3.63) is 28.3 Å². The maximum absolute atomic E-state index is 12.1. The van der Waals surface area contributed by atoms with Gasteiger partial charge in [0.05, 0.1) is 11.1 Å². The van der Waals surface area contributed by atoms with Gasteiger partial charge in [0.2, 0.25) is 0 Å². The first-order valence-electron chi connectivity index (χ1n) is 12.3. The summed E-state index contributed by atoms with van der Waals surface area (Å²) < 4.78 is 6.68. The molecule has 0 unspecified atom stereocenters. The van der Waals surface area contributed by atoms with Crippen LogP contribution in [-0.4, -0.2) is 28.4 Å². The molecule has 3 aliphatic rings. The van der Waals surface area contributed by atoms with Crippen LogP contribution in [0.3, 0.4) is 0 Å². The first kappa shape index (κ1) is 23.8. The molecule has 2 N–H and O–H groups in total. The van der Waals surface area contributed by atoms with Crippen molar-refractivity contribution in [3.63, 3.8) is 0 Å². The van der Waals surface area contributed by atoms with E-state index in [2.05, 4.69) is 47.6 Å². The fourth-order valence-electron chi connectivity index (χ4n) is 7.11. The normalized spacial score (nSPS) is 32.5. The van der Waals surface area contributed by atoms with E-state index in [0.717, 1.165) is 32.1 Å². The lowest BCUT2D eigenvalue weighted by molar-refractivity contribution is -0.0348. The zero-order valence-electron chi connectivity index (χ0n) is 20.8. The summed E-state index contributed by atoms with van der Waals surface area (Å²) in [5.41, 5.74) is 1.28. The van der Waals surface area contributed by atoms with Gasteiger partial charge in [0, 0.05) is 11.5 Å². The van der Waals surface area contributed by atoms with E-state index in [9.17, 15) is 19.8 Å². The quantitative estimate of drug-likeness (QED) is 0.405. The number of phenols is 2. The molecular weight excluding hydrogens is 416 g/mol. The van der Waals surface area contributed by atoms with Gasteiger partial charge in [0.25, 0.3) is 0 Å². The lowest BCUT2D eigenvalue weighted by Crippen LogP contribution is -2.49. The predicted molar refractivity (Wildman–Crippen MR) is 128 cm³/mol. The third-order valence-electron chi connectivity index (χ3n) is 8.82. The van der Waals surface area contributed by atoms with Crippen LogP contribution in [0.15, 0.2) is 11.6 Å². The highest BCUT2D eigenvalue weighted by atomic mass is 16.5. The van der Waals surface area contributed by atoms with Crippen LogP contribution in [0.1, 0.15) is 106 Å². The Kier molecular flexibility index (Phi) is 5.91. The molecule has 1 aromatic rings. The highest BCUT2D eigenvalue weighted by molar-refractivity contribution is 5.95. The van der Waals surface area contributed by atoms with Gasteiger partial charge < -0.3 is 14.9 Å². The Labute approximate surface area is 197 Å². The number of rotatable bonds is 4. The molecular formula is C28H38O5. The third kappa shape index (κ3) is 3.68. The van der Waals surface area contributed by atoms with Gasteiger partial charge in [-0.2, -0.15) is 0 Å². The molecule has 5 nitrogen and oxygen atoms in total. The van der Waals surface area contributed by atoms with Crippen molar-refractivity contribution in [2.45, 2.75) is 85.2 Å². The highest BCUT2D eigenvalue weighted by Crippen LogP contribution is 2.71. The molecule has 0 amide bonds. The van der Waals surface area contributed by atoms with Crippen LogP contribution in [0, 0.1) is 29.1 Å². The second kappa shape index (κ2) is 8.18. The van der Waals surface area contributed by atoms with Crippen molar-refractivity contribution in [1.82, 2.24) is 0 Å². The molecule has 0 aromatic heterocycles. The van der Waals surface area contributed by atoms with E-state index in [1.165, 1.54) is 5.57 Å². The molecule has 5 atom stereocenters. The average Bonchev–Trinajstić information content (AvgIpc) is 3.25. The summed E-state index contributed by atoms with van der Waals surface area (Å²) in [5.74, 6) is 0.888. The molecule has 0 spiro atoms. The van der Waals surface area contributed by atoms with Gasteiger partial charge in [-0.3, -0.25) is 9.59 Å². The molecule has 1 saturated carbocycles. The van der Waals surface area contributed by atoms with Crippen molar-refractivity contribution >= 4 is 12.6 Å². The molecule has 5 heteroatoms. The number of hydrogen-bond acceptors (Lipinski definition) is 5. The summed E-state index contributed by atoms with van der Waals surface area (Å²) >= 11 is 0. The van der Waals surface area contributed by atoms with Gasteiger partial charge in [-0.25, -0.2) is 0 Å². The van der Waals surface area contributed by atoms with Gasteiger partial charge >= 0.3 is 0 Å². The van der Waals surface area contributed by atoms with Crippen LogP contribution in [0.2, 0.25) is 0 Å². The number of carbonyl (C=O) groups excluding carboxylic acids is 2. The molecule has 1 aliphatic heterocycles. The molecule has 1 aromatic carbocycles. The van der Waals surface area contributed by atoms with Crippen LogP contribution >= 0.6 is 0 Å². The summed E-state index contributed by atoms with van der Waals surface area (Å²) in [6.45, 7) is 13.3. The van der Waals surface area contributed by atoms with Crippen molar-refractivity contribution < 1.29 is 24.5 Å². The number of aromatic hydroxyl groups is 2. The van der Waals surface area contributed by atoms with E-state index in [0.29, 0.717) is 35.9 Å². The molecule has 180 valence electrons. The molecule has 4 rings (SSSR count). The van der Waals surface area contributed by atoms with Gasteiger partial charge in [0.1, 0.15) is 22.8 Å². The highest BCUT2D eigenvalue weighted by Gasteiger charge is 2.66. The smallest absolute Gasteiger partial charge is 0.157 e. The lowest BCUT2D eigenvalue weighted by atomic mass is 9.64. The van der Waals surface area contributed by atoms with Crippen LogP contribution in [-0.2, 0) is 0 Å². The summed E-state index contributed by atoms with van der Waals surface area (Å²) in [6.07, 6.45) is 7.99. The Balaban J connectivity index is 1.98. The van der Waals surface area contributed by atoms with Crippen LogP contribution < -0.4 is 4.74 Å². The van der Waals surface area contributed by atoms with Crippen LogP contribution in [0.25, 0.3) is 0 Å². The Morgan fingerprint density at radius 2 is 1.76 bits per heavy atom. The Morgan fingerprint density at radius 1 is 1.09 bits per heavy atom. The number of ether oxygens (including phenoxy) is 1. The number of fused-ring (bicyclic) bond motifs is 4. The molecule has 1 heterocycles. The van der Waals surface area contributed by atoms with E-state index < -0.39 is 11.4 Å². The fourth-order valence-corrected chi connectivity index (χ4v) is 7.11. The molecule has 0 saturated heterocycles. The van der Waals surface area contributed by atoms with E-state index in [1.807, 2.05) is 0 Å². The minimum absolute atomic E-state index is 0.0336. The van der Waals surface area contributed by atoms with E-state index in [-0.39, 0.29) is 39.9 Å². The zero-order valence-corrected chi connectivity index (χ0v) is 20.8. The van der Waals surface area contributed by atoms with Crippen LogP contribution in [0.5, 0.6) is 17.2 Å². The Hall–Kier alpha value is -2.30. The second-order valence-electron chi connectivity index (χ2n) is 11.8. The number of carbonyl (C=O) groups is 2. The number of allylic oxidation sites excluding steroid dienone is 2. The maximum Gasteiger partial charge on any atom is 0.157 e. The fraction of sp³-hybridized carbons (Fsp3) is 0.643. The number of aldehydes is 2. The monoisotopic (exact) mass is 454 g/mol. The first-order chi connectivity index (χ1) is 15.5. The zero-order chi connectivity index (χ0) is 24.3. The van der Waals surface area contributed by atoms with Crippen molar-refractivity contribution in [3.8, 4) is 17.2 Å². The van der Waals surface area contributed by atoms with E-state index >= 15 is 0 Å². The summed E-state index contributed by atoms with van der Waals surface area (Å²) in [5, 5.41) is 21.8. The topological polar surface area (TPSA) is 83.8 Å². The minimum atomic E-state index is -0.559. The molecule has 0 radical (unpaired) electrons. The molecule has 1 fully saturated rings. The second-order valence-corrected chi connectivity index (χ2v) is 11.8. The number of phenolic OH excluding ortho intramolecular Hbond substituents is 2. The average molecular weight is 455 g/mol. The SMILES string of the molecule is CC1=CCC[C@]2(C)Oc3c(C=O)c(O)c(C=O)c(O)c3[C@H](CC(C)C)[C@H]2[C@H]2[C@@H](CC1)C2(C)C. The lowest BCUT2D eigenvalue weighted by Gasteiger charge is -2.49. The van der Waals surface area contributed by atoms with Crippen LogP contribution in [0.4, 0.5) is 0 Å². The van der Waals surface area contributed by atoms with E-state index in [1.54, 1.807) is 0 Å². The largest absolute Gasteiger partial charge is 0.507 e. The molecule has 0 bridgehead atoms. The van der Waals surface area contributed by atoms with Crippen molar-refractivity contribution in [2.75, 3.05) is 0 Å². The summed E-state index contributed by atoms with van der Waals surface area (Å²) in [6, 6.07) is 0. The number of hydrogen-bond donors (Lipinski definition) is 2. The van der Waals surface area contributed by atoms with Gasteiger partial charge in [-0.05, 0) is 75.0 Å². The van der Waals surface area contributed by atoms with Gasteiger partial charge in [-0.1, -0.05) is 39.3 Å². The standard InChI is InChI=1S/C28H38O5/c1-15(2)12-17-21-25(32)18(13-29)24(31)19(14-30)26(21)33-28(6)11-7-8-16(3)9-10-20-23(22(17)28)27(20,4)5/h8,13-15,17,20,22-23,31-32H,7,9-12H2,1-6H3/t17-,20+,22-,23+,28-/m0/s1. The maximum atomic E-state index is 12.1.